The van der Waals surface area contributed by atoms with E-state index in [1.165, 1.54) is 6.07 Å². The Morgan fingerprint density at radius 2 is 1.81 bits per heavy atom. The number of carbonyl (C=O) groups is 1. The molecule has 1 aromatic rings. The molecule has 0 bridgehead atoms. The number of halogens is 1. The minimum atomic E-state index is -3.32. The van der Waals surface area contributed by atoms with Gasteiger partial charge in [-0.25, -0.2) is 12.8 Å². The molecule has 2 fully saturated rings. The van der Waals surface area contributed by atoms with Gasteiger partial charge < -0.3 is 5.32 Å². The fourth-order valence-corrected chi connectivity index (χ4v) is 7.34. The van der Waals surface area contributed by atoms with E-state index in [0.717, 1.165) is 44.3 Å². The molecular weight excluding hydrogens is 429 g/mol. The Hall–Kier alpha value is -1.51. The van der Waals surface area contributed by atoms with Gasteiger partial charge in [0.05, 0.1) is 18.0 Å². The van der Waals surface area contributed by atoms with Gasteiger partial charge in [-0.3, -0.25) is 9.69 Å². The van der Waals surface area contributed by atoms with Crippen LogP contribution in [0.2, 0.25) is 0 Å². The average Bonchev–Trinajstić information content (AvgIpc) is 2.67. The van der Waals surface area contributed by atoms with E-state index in [0.29, 0.717) is 6.54 Å². The van der Waals surface area contributed by atoms with Crippen LogP contribution in [0.25, 0.3) is 0 Å². The SMILES string of the molecule is Cc1ccc(F)c(NC(=O)CN2CCC3(CC2)CCC(C)(C)N(S(=O)(=O)CC(C)C)C3)c1. The number of nitrogens with one attached hydrogen (secondary N) is 1. The van der Waals surface area contributed by atoms with Crippen molar-refractivity contribution in [2.45, 2.75) is 65.8 Å². The van der Waals surface area contributed by atoms with Gasteiger partial charge in [-0.15, -0.1) is 0 Å². The van der Waals surface area contributed by atoms with Gasteiger partial charge in [0, 0.05) is 12.1 Å². The first kappa shape index (κ1) is 25.1. The van der Waals surface area contributed by atoms with E-state index in [1.807, 2.05) is 34.6 Å². The van der Waals surface area contributed by atoms with E-state index in [-0.39, 0.29) is 40.8 Å². The molecule has 3 rings (SSSR count). The summed E-state index contributed by atoms with van der Waals surface area (Å²) in [6.45, 7) is 12.0. The summed E-state index contributed by atoms with van der Waals surface area (Å²) in [4.78, 5) is 14.6. The first-order valence-electron chi connectivity index (χ1n) is 11.6. The van der Waals surface area contributed by atoms with Crippen molar-refractivity contribution in [3.63, 3.8) is 0 Å². The van der Waals surface area contributed by atoms with Crippen LogP contribution in [-0.4, -0.2) is 61.0 Å². The normalized spacial score (nSPS) is 21.7. The lowest BCUT2D eigenvalue weighted by Crippen LogP contribution is -2.59. The molecule has 1 aromatic carbocycles. The van der Waals surface area contributed by atoms with E-state index in [9.17, 15) is 17.6 Å². The van der Waals surface area contributed by atoms with Crippen molar-refractivity contribution in [3.8, 4) is 0 Å². The number of likely N-dealkylation sites (tertiary alicyclic amines) is 1. The van der Waals surface area contributed by atoms with Gasteiger partial charge in [-0.05, 0) is 88.6 Å². The van der Waals surface area contributed by atoms with Crippen LogP contribution in [0, 0.1) is 24.1 Å². The first-order valence-corrected chi connectivity index (χ1v) is 13.2. The van der Waals surface area contributed by atoms with E-state index < -0.39 is 15.8 Å². The average molecular weight is 468 g/mol. The minimum Gasteiger partial charge on any atom is -0.322 e. The van der Waals surface area contributed by atoms with Gasteiger partial charge in [0.15, 0.2) is 0 Å². The second kappa shape index (κ2) is 9.39. The number of hydrogen-bond donors (Lipinski definition) is 1. The van der Waals surface area contributed by atoms with Crippen LogP contribution < -0.4 is 5.32 Å². The Morgan fingerprint density at radius 3 is 2.44 bits per heavy atom. The van der Waals surface area contributed by atoms with Crippen molar-refractivity contribution >= 4 is 21.6 Å². The lowest BCUT2D eigenvalue weighted by Gasteiger charge is -2.53. The van der Waals surface area contributed by atoms with Gasteiger partial charge in [-0.1, -0.05) is 19.9 Å². The molecule has 6 nitrogen and oxygen atoms in total. The third kappa shape index (κ3) is 5.88. The minimum absolute atomic E-state index is 0.0325. The van der Waals surface area contributed by atoms with Crippen LogP contribution in [0.4, 0.5) is 10.1 Å². The predicted octanol–water partition coefficient (Wildman–Crippen LogP) is 4.02. The number of rotatable bonds is 6. The van der Waals surface area contributed by atoms with Gasteiger partial charge in [-0.2, -0.15) is 4.31 Å². The van der Waals surface area contributed by atoms with E-state index in [4.69, 9.17) is 0 Å². The van der Waals surface area contributed by atoms with Crippen molar-refractivity contribution in [3.05, 3.63) is 29.6 Å². The number of piperidine rings is 2. The maximum Gasteiger partial charge on any atom is 0.238 e. The van der Waals surface area contributed by atoms with Crippen LogP contribution in [0.15, 0.2) is 18.2 Å². The topological polar surface area (TPSA) is 69.7 Å². The molecule has 1 spiro atoms. The second-order valence-corrected chi connectivity index (χ2v) is 12.7. The third-order valence-electron chi connectivity index (χ3n) is 6.98. The molecule has 2 heterocycles. The third-order valence-corrected chi connectivity index (χ3v) is 9.36. The smallest absolute Gasteiger partial charge is 0.238 e. The largest absolute Gasteiger partial charge is 0.322 e. The van der Waals surface area contributed by atoms with Crippen molar-refractivity contribution in [2.24, 2.45) is 11.3 Å². The summed E-state index contributed by atoms with van der Waals surface area (Å²) in [5, 5.41) is 2.68. The highest BCUT2D eigenvalue weighted by Gasteiger charge is 2.48. The zero-order valence-electron chi connectivity index (χ0n) is 20.1. The lowest BCUT2D eigenvalue weighted by molar-refractivity contribution is -0.118. The fraction of sp³-hybridized carbons (Fsp3) is 0.708. The monoisotopic (exact) mass is 467 g/mol. The molecule has 2 aliphatic rings. The Bertz CT molecular complexity index is 938. The van der Waals surface area contributed by atoms with Crippen LogP contribution in [0.1, 0.15) is 58.9 Å². The molecule has 0 unspecified atom stereocenters. The zero-order chi connectivity index (χ0) is 23.7. The van der Waals surface area contributed by atoms with Crippen molar-refractivity contribution < 1.29 is 17.6 Å². The number of aryl methyl sites for hydroxylation is 1. The summed E-state index contributed by atoms with van der Waals surface area (Å²) < 4.78 is 41.9. The number of nitrogens with zero attached hydrogens (tertiary/aromatic N) is 2. The van der Waals surface area contributed by atoms with E-state index in [2.05, 4.69) is 10.2 Å². The molecule has 180 valence electrons. The summed E-state index contributed by atoms with van der Waals surface area (Å²) in [5.74, 6) is -0.397. The van der Waals surface area contributed by atoms with Crippen LogP contribution in [-0.2, 0) is 14.8 Å². The summed E-state index contributed by atoms with van der Waals surface area (Å²) in [7, 11) is -3.32. The molecule has 0 aliphatic carbocycles. The second-order valence-electron chi connectivity index (χ2n) is 10.8. The zero-order valence-corrected chi connectivity index (χ0v) is 20.9. The number of amides is 1. The van der Waals surface area contributed by atoms with Gasteiger partial charge >= 0.3 is 0 Å². The van der Waals surface area contributed by atoms with Crippen LogP contribution in [0.5, 0.6) is 0 Å². The highest BCUT2D eigenvalue weighted by molar-refractivity contribution is 7.89. The highest BCUT2D eigenvalue weighted by atomic mass is 32.2. The van der Waals surface area contributed by atoms with Crippen LogP contribution >= 0.6 is 0 Å². The van der Waals surface area contributed by atoms with Gasteiger partial charge in [0.2, 0.25) is 15.9 Å². The number of sulfonamides is 1. The molecule has 2 aliphatic heterocycles. The number of hydrogen-bond acceptors (Lipinski definition) is 4. The van der Waals surface area contributed by atoms with Crippen molar-refractivity contribution in [1.29, 1.82) is 0 Å². The van der Waals surface area contributed by atoms with Crippen LogP contribution in [0.3, 0.4) is 0 Å². The molecule has 32 heavy (non-hydrogen) atoms. The van der Waals surface area contributed by atoms with E-state index >= 15 is 0 Å². The maximum absolute atomic E-state index is 13.9. The summed E-state index contributed by atoms with van der Waals surface area (Å²) >= 11 is 0. The molecule has 2 saturated heterocycles. The quantitative estimate of drug-likeness (QED) is 0.686. The molecule has 0 aromatic heterocycles. The molecule has 0 saturated carbocycles. The molecule has 0 radical (unpaired) electrons. The predicted molar refractivity (Wildman–Crippen MR) is 127 cm³/mol. The molecule has 0 atom stereocenters. The number of carbonyl (C=O) groups excluding carboxylic acids is 1. The number of anilines is 1. The van der Waals surface area contributed by atoms with Crippen molar-refractivity contribution in [2.75, 3.05) is 37.2 Å². The van der Waals surface area contributed by atoms with Crippen molar-refractivity contribution in [1.82, 2.24) is 9.21 Å². The molecular formula is C24H38FN3O3S. The van der Waals surface area contributed by atoms with E-state index in [1.54, 1.807) is 16.4 Å². The maximum atomic E-state index is 13.9. The molecule has 8 heteroatoms. The Balaban J connectivity index is 1.60. The van der Waals surface area contributed by atoms with Gasteiger partial charge in [0.25, 0.3) is 0 Å². The Labute approximate surface area is 192 Å². The summed E-state index contributed by atoms with van der Waals surface area (Å²) in [5.41, 5.74) is 0.700. The fourth-order valence-electron chi connectivity index (χ4n) is 5.00. The number of benzene rings is 1. The summed E-state index contributed by atoms with van der Waals surface area (Å²) in [6, 6.07) is 4.67. The lowest BCUT2D eigenvalue weighted by atomic mass is 9.69. The summed E-state index contributed by atoms with van der Waals surface area (Å²) in [6.07, 6.45) is 3.57. The Kier molecular flexibility index (Phi) is 7.37. The van der Waals surface area contributed by atoms with Gasteiger partial charge in [0.1, 0.15) is 5.82 Å². The Morgan fingerprint density at radius 1 is 1.16 bits per heavy atom. The highest BCUT2D eigenvalue weighted by Crippen LogP contribution is 2.46. The molecule has 1 amide bonds. The first-order chi connectivity index (χ1) is 14.8. The molecule has 1 N–H and O–H groups in total. The standard InChI is InChI=1S/C24H38FN3O3S/c1-18(2)16-32(30,31)28-17-24(9-8-23(28,4)5)10-12-27(13-11-24)15-22(29)26-21-14-19(3)6-7-20(21)25/h6-7,14,18H,8-13,15-17H2,1-5H3,(H,26,29).